The molecule has 1 atom stereocenters. The molecule has 1 aliphatic heterocycles. The van der Waals surface area contributed by atoms with Crippen LogP contribution in [0.4, 0.5) is 0 Å². The summed E-state index contributed by atoms with van der Waals surface area (Å²) in [5, 5.41) is 13.7. The van der Waals surface area contributed by atoms with Crippen LogP contribution < -0.4 is 0 Å². The predicted molar refractivity (Wildman–Crippen MR) is 101 cm³/mol. The van der Waals surface area contributed by atoms with Gasteiger partial charge in [0.15, 0.2) is 0 Å². The van der Waals surface area contributed by atoms with Gasteiger partial charge in [-0.2, -0.15) is 0 Å². The zero-order chi connectivity index (χ0) is 23.1. The van der Waals surface area contributed by atoms with E-state index in [1.807, 2.05) is 27.7 Å². The molecule has 1 saturated heterocycles. The lowest BCUT2D eigenvalue weighted by Crippen LogP contribution is -2.49. The van der Waals surface area contributed by atoms with Crippen molar-refractivity contribution in [2.75, 3.05) is 33.2 Å². The van der Waals surface area contributed by atoms with E-state index in [9.17, 15) is 24.4 Å². The minimum Gasteiger partial charge on any atom is -0.428 e. The van der Waals surface area contributed by atoms with E-state index in [-0.39, 0.29) is 25.6 Å². The highest BCUT2D eigenvalue weighted by Crippen LogP contribution is 2.44. The van der Waals surface area contributed by atoms with Crippen molar-refractivity contribution in [2.24, 2.45) is 5.92 Å². The zero-order valence-corrected chi connectivity index (χ0v) is 18.4. The van der Waals surface area contributed by atoms with E-state index in [1.165, 1.54) is 18.7 Å². The summed E-state index contributed by atoms with van der Waals surface area (Å²) >= 11 is 0. The van der Waals surface area contributed by atoms with Crippen molar-refractivity contribution < 1.29 is 43.3 Å². The molecule has 1 rings (SSSR count). The fourth-order valence-corrected chi connectivity index (χ4v) is 3.48. The molecule has 1 unspecified atom stereocenters. The van der Waals surface area contributed by atoms with Crippen LogP contribution in [0.1, 0.15) is 48.0 Å². The number of nitrogens with zero attached hydrogens (tertiary/aromatic N) is 2. The van der Waals surface area contributed by atoms with Gasteiger partial charge in [0.1, 0.15) is 0 Å². The van der Waals surface area contributed by atoms with Crippen molar-refractivity contribution in [3.8, 4) is 0 Å². The molecular formula is C19H31N2O9. The van der Waals surface area contributed by atoms with Crippen LogP contribution in [0, 0.1) is 5.92 Å². The van der Waals surface area contributed by atoms with Crippen LogP contribution in [-0.2, 0) is 43.3 Å². The van der Waals surface area contributed by atoms with Crippen molar-refractivity contribution in [1.29, 1.82) is 0 Å². The highest BCUT2D eigenvalue weighted by Gasteiger charge is 2.52. The van der Waals surface area contributed by atoms with Gasteiger partial charge in [0.2, 0.25) is 13.6 Å². The number of rotatable bonds is 10. The molecule has 0 N–H and O–H groups in total. The molecule has 1 fully saturated rings. The summed E-state index contributed by atoms with van der Waals surface area (Å²) in [5.41, 5.74) is -1.31. The van der Waals surface area contributed by atoms with Crippen LogP contribution in [-0.4, -0.2) is 78.1 Å². The third-order valence-electron chi connectivity index (χ3n) is 4.97. The number of hydrogen-bond donors (Lipinski definition) is 0. The molecule has 0 bridgehead atoms. The first-order valence-corrected chi connectivity index (χ1v) is 9.53. The summed E-state index contributed by atoms with van der Waals surface area (Å²) < 4.78 is 18.8. The largest absolute Gasteiger partial charge is 0.428 e. The maximum absolute atomic E-state index is 12.6. The Morgan fingerprint density at radius 2 is 1.30 bits per heavy atom. The first-order valence-electron chi connectivity index (χ1n) is 9.53. The second-order valence-corrected chi connectivity index (χ2v) is 8.37. The molecule has 1 aliphatic rings. The van der Waals surface area contributed by atoms with Crippen molar-refractivity contribution in [2.45, 2.75) is 59.0 Å². The molecule has 0 spiro atoms. The number of carbonyl (C=O) groups is 4. The van der Waals surface area contributed by atoms with Crippen LogP contribution in [0.25, 0.3) is 0 Å². The molecule has 0 aromatic rings. The maximum Gasteiger partial charge on any atom is 0.323 e. The molecule has 0 aliphatic carbocycles. The van der Waals surface area contributed by atoms with Gasteiger partial charge >= 0.3 is 23.9 Å². The fraction of sp³-hybridized carbons (Fsp3) is 0.789. The quantitative estimate of drug-likeness (QED) is 0.358. The summed E-state index contributed by atoms with van der Waals surface area (Å²) in [4.78, 5) is 47.2. The van der Waals surface area contributed by atoms with Crippen LogP contribution in [0.3, 0.4) is 0 Å². The van der Waals surface area contributed by atoms with Gasteiger partial charge in [-0.25, -0.2) is 0 Å². The number of hydrogen-bond acceptors (Lipinski definition) is 10. The van der Waals surface area contributed by atoms with Crippen LogP contribution in [0.5, 0.6) is 0 Å². The Morgan fingerprint density at radius 1 is 0.867 bits per heavy atom. The summed E-state index contributed by atoms with van der Waals surface area (Å²) in [6, 6.07) is 0. The van der Waals surface area contributed by atoms with E-state index in [0.717, 1.165) is 5.06 Å². The van der Waals surface area contributed by atoms with E-state index in [4.69, 9.17) is 9.47 Å². The van der Waals surface area contributed by atoms with Gasteiger partial charge < -0.3 is 18.9 Å². The highest BCUT2D eigenvalue weighted by molar-refractivity contribution is 5.75. The van der Waals surface area contributed by atoms with Gasteiger partial charge in [0.05, 0.1) is 13.1 Å². The molecule has 0 amide bonds. The molecule has 171 valence electrons. The van der Waals surface area contributed by atoms with Gasteiger partial charge in [-0.1, -0.05) is 0 Å². The summed E-state index contributed by atoms with van der Waals surface area (Å²) in [7, 11) is 0. The van der Waals surface area contributed by atoms with E-state index in [0.29, 0.717) is 6.42 Å². The third kappa shape index (κ3) is 7.88. The van der Waals surface area contributed by atoms with Gasteiger partial charge in [-0.15, -0.1) is 10.3 Å². The molecule has 30 heavy (non-hydrogen) atoms. The third-order valence-corrected chi connectivity index (χ3v) is 4.97. The van der Waals surface area contributed by atoms with E-state index in [2.05, 4.69) is 9.47 Å². The minimum absolute atomic E-state index is 0.146. The van der Waals surface area contributed by atoms with Gasteiger partial charge in [-0.05, 0) is 40.0 Å². The minimum atomic E-state index is -0.717. The average Bonchev–Trinajstić information content (AvgIpc) is 2.73. The standard InChI is InChI=1S/C19H31N2O9/c1-13(22)27-11-29-16(24)9-20(10-17(25)30-12-28-14(2)23)8-15-7-18(3,4)21(26)19(15,5)6/h15H,7-12H2,1-6H3. The molecule has 11 nitrogen and oxygen atoms in total. The smallest absolute Gasteiger partial charge is 0.323 e. The van der Waals surface area contributed by atoms with E-state index < -0.39 is 48.5 Å². The molecule has 0 aromatic heterocycles. The van der Waals surface area contributed by atoms with Crippen molar-refractivity contribution in [1.82, 2.24) is 9.96 Å². The summed E-state index contributed by atoms with van der Waals surface area (Å²) in [6.45, 7) is 8.29. The Balaban J connectivity index is 2.79. The van der Waals surface area contributed by atoms with Crippen molar-refractivity contribution in [3.05, 3.63) is 0 Å². The van der Waals surface area contributed by atoms with E-state index >= 15 is 0 Å². The lowest BCUT2D eigenvalue weighted by atomic mass is 9.86. The average molecular weight is 431 g/mol. The Bertz CT molecular complexity index is 614. The first kappa shape index (κ1) is 25.8. The lowest BCUT2D eigenvalue weighted by molar-refractivity contribution is -0.248. The normalized spacial score (nSPS) is 19.9. The molecule has 0 aromatic carbocycles. The van der Waals surface area contributed by atoms with Crippen molar-refractivity contribution >= 4 is 23.9 Å². The zero-order valence-electron chi connectivity index (χ0n) is 18.4. The van der Waals surface area contributed by atoms with E-state index in [1.54, 1.807) is 0 Å². The highest BCUT2D eigenvalue weighted by atomic mass is 16.7. The van der Waals surface area contributed by atoms with Gasteiger partial charge in [-0.3, -0.25) is 24.1 Å². The number of hydroxylamine groups is 2. The fourth-order valence-electron chi connectivity index (χ4n) is 3.48. The second-order valence-electron chi connectivity index (χ2n) is 8.37. The lowest BCUT2D eigenvalue weighted by Gasteiger charge is -2.35. The van der Waals surface area contributed by atoms with Crippen LogP contribution >= 0.6 is 0 Å². The summed E-state index contributed by atoms with van der Waals surface area (Å²) in [5.74, 6) is -2.76. The van der Waals surface area contributed by atoms with Crippen LogP contribution in [0.15, 0.2) is 0 Å². The Kier molecular flexibility index (Phi) is 9.19. The first-order chi connectivity index (χ1) is 13.8. The molecular weight excluding hydrogens is 400 g/mol. The monoisotopic (exact) mass is 431 g/mol. The van der Waals surface area contributed by atoms with Crippen LogP contribution in [0.2, 0.25) is 0 Å². The van der Waals surface area contributed by atoms with Gasteiger partial charge in [0, 0.05) is 31.5 Å². The predicted octanol–water partition coefficient (Wildman–Crippen LogP) is 0.641. The molecule has 1 radical (unpaired) electrons. The molecule has 1 heterocycles. The Hall–Kier alpha value is -2.24. The number of ether oxygens (including phenoxy) is 4. The number of carbonyl (C=O) groups excluding carboxylic acids is 4. The topological polar surface area (TPSA) is 132 Å². The van der Waals surface area contributed by atoms with Gasteiger partial charge in [0.25, 0.3) is 0 Å². The second kappa shape index (κ2) is 10.7. The Labute approximate surface area is 176 Å². The SMILES string of the molecule is CC(=O)OCOC(=O)CN(CC(=O)OCOC(C)=O)CC1CC(C)(C)N([O])C1(C)C. The number of esters is 4. The van der Waals surface area contributed by atoms with Crippen molar-refractivity contribution in [3.63, 3.8) is 0 Å². The molecule has 0 saturated carbocycles. The maximum atomic E-state index is 12.6. The Morgan fingerprint density at radius 3 is 1.63 bits per heavy atom. The molecule has 11 heteroatoms. The summed E-state index contributed by atoms with van der Waals surface area (Å²) in [6.07, 6.45) is 0.561.